The molecule has 0 saturated carbocycles. The minimum absolute atomic E-state index is 0.0624. The van der Waals surface area contributed by atoms with E-state index in [-0.39, 0.29) is 17.6 Å². The largest absolute Gasteiger partial charge is 0.497 e. The third-order valence-corrected chi connectivity index (χ3v) is 19.6. The van der Waals surface area contributed by atoms with Crippen LogP contribution >= 0.6 is 0 Å². The van der Waals surface area contributed by atoms with E-state index in [1.807, 2.05) is 42.7 Å². The number of aromatic nitrogens is 4. The Morgan fingerprint density at radius 1 is 0.462 bits per heavy atom. The van der Waals surface area contributed by atoms with Crippen LogP contribution in [0.2, 0.25) is 0 Å². The molecule has 2 unspecified atom stereocenters. The van der Waals surface area contributed by atoms with Crippen LogP contribution in [0.25, 0.3) is 144 Å². The van der Waals surface area contributed by atoms with Crippen molar-refractivity contribution in [1.82, 2.24) is 15.0 Å². The molecule has 3 aliphatic rings. The van der Waals surface area contributed by atoms with E-state index in [4.69, 9.17) is 33.3 Å². The van der Waals surface area contributed by atoms with Gasteiger partial charge in [0, 0.05) is 111 Å². The lowest BCUT2D eigenvalue weighted by Crippen LogP contribution is -2.50. The van der Waals surface area contributed by atoms with Crippen LogP contribution in [0.1, 0.15) is 30.9 Å². The molecular weight excluding hydrogens is 1140 g/mol. The number of hydrogen-bond acceptors (Lipinski definition) is 8. The number of anilines is 3. The van der Waals surface area contributed by atoms with Gasteiger partial charge < -0.3 is 23.2 Å². The number of ether oxygens (including phenoxy) is 2. The smallest absolute Gasteiger partial charge is 0.221 e. The van der Waals surface area contributed by atoms with Gasteiger partial charge in [0.2, 0.25) is 5.69 Å². The maximum absolute atomic E-state index is 7.72. The number of allylic oxidation sites excluding steroid dienone is 2. The molecule has 2 aliphatic heterocycles. The topological polar surface area (TPSA) is 90.5 Å². The van der Waals surface area contributed by atoms with Crippen molar-refractivity contribution in [3.8, 4) is 90.0 Å². The summed E-state index contributed by atoms with van der Waals surface area (Å²) in [5.74, 6) is 2.32. The lowest BCUT2D eigenvalue weighted by molar-refractivity contribution is -0.731. The van der Waals surface area contributed by atoms with E-state index in [1.165, 1.54) is 16.7 Å². The predicted molar refractivity (Wildman–Crippen MR) is 374 cm³/mol. The fraction of sp³-hybridized carbons (Fsp3) is 0.0714. The van der Waals surface area contributed by atoms with Crippen LogP contribution in [-0.2, 0) is 5.54 Å². The minimum atomic E-state index is -0.290. The molecular formula is C84H56N5O4+. The van der Waals surface area contributed by atoms with Gasteiger partial charge in [-0.3, -0.25) is 4.98 Å². The van der Waals surface area contributed by atoms with Crippen LogP contribution in [0.4, 0.5) is 17.1 Å². The zero-order chi connectivity index (χ0) is 61.6. The second-order valence-corrected chi connectivity index (χ2v) is 25.1. The Morgan fingerprint density at radius 3 is 2.00 bits per heavy atom. The molecule has 16 aromatic rings. The molecule has 9 heteroatoms. The van der Waals surface area contributed by atoms with Crippen LogP contribution < -0.4 is 18.9 Å². The van der Waals surface area contributed by atoms with E-state index in [9.17, 15) is 0 Å². The number of furan rings is 2. The number of hydrogen-bond donors (Lipinski definition) is 0. The Morgan fingerprint density at radius 2 is 1.15 bits per heavy atom. The SMILES string of the molecule is COc1cccc(-c2nccc(-c3ccc4c5cc(N(c6ccccc6)c6cccc(-c7ccccc7)c6)cc6oc7c(-c8ccnc(-c9cccc%10c9OC9C=CC=CC%109)c8)ccc(c8cc(-c9ccc[n+]%10c9-c9ccccc9C%10(C)C)cc9oc3c4c98)c7c65)n2)c1. The van der Waals surface area contributed by atoms with Crippen molar-refractivity contribution in [2.24, 2.45) is 0 Å². The van der Waals surface area contributed by atoms with Gasteiger partial charge in [-0.25, -0.2) is 9.97 Å². The second kappa shape index (κ2) is 20.3. The van der Waals surface area contributed by atoms with Crippen molar-refractivity contribution >= 4 is 82.5 Å². The second-order valence-electron chi connectivity index (χ2n) is 25.1. The minimum Gasteiger partial charge on any atom is -0.497 e. The summed E-state index contributed by atoms with van der Waals surface area (Å²) < 4.78 is 30.2. The molecule has 5 aromatic heterocycles. The summed E-state index contributed by atoms with van der Waals surface area (Å²) in [7, 11) is 1.68. The van der Waals surface area contributed by atoms with Crippen molar-refractivity contribution in [2.75, 3.05) is 12.0 Å². The molecule has 2 atom stereocenters. The number of pyridine rings is 2. The molecule has 0 saturated heterocycles. The summed E-state index contributed by atoms with van der Waals surface area (Å²) in [5, 5.41) is 8.04. The van der Waals surface area contributed by atoms with E-state index < -0.39 is 0 Å². The molecule has 11 aromatic carbocycles. The first-order valence-corrected chi connectivity index (χ1v) is 31.6. The first-order valence-electron chi connectivity index (χ1n) is 31.6. The molecule has 7 heterocycles. The van der Waals surface area contributed by atoms with Gasteiger partial charge in [0.15, 0.2) is 17.6 Å². The van der Waals surface area contributed by atoms with E-state index in [0.29, 0.717) is 5.82 Å². The van der Waals surface area contributed by atoms with Gasteiger partial charge in [0.25, 0.3) is 0 Å². The lowest BCUT2D eigenvalue weighted by atomic mass is 9.89. The predicted octanol–water partition coefficient (Wildman–Crippen LogP) is 20.9. The van der Waals surface area contributed by atoms with Crippen LogP contribution in [0.5, 0.6) is 11.5 Å². The molecule has 0 fully saturated rings. The van der Waals surface area contributed by atoms with Crippen LogP contribution in [0, 0.1) is 0 Å². The Kier molecular flexibility index (Phi) is 11.5. The Hall–Kier alpha value is -11.9. The van der Waals surface area contributed by atoms with Gasteiger partial charge in [-0.2, -0.15) is 4.57 Å². The number of rotatable bonds is 10. The zero-order valence-electron chi connectivity index (χ0n) is 51.0. The fourth-order valence-corrected chi connectivity index (χ4v) is 15.3. The molecule has 0 bridgehead atoms. The van der Waals surface area contributed by atoms with E-state index in [0.717, 1.165) is 161 Å². The highest BCUT2D eigenvalue weighted by molar-refractivity contribution is 6.38. The van der Waals surface area contributed by atoms with E-state index in [1.54, 1.807) is 7.11 Å². The van der Waals surface area contributed by atoms with Gasteiger partial charge in [0.1, 0.15) is 39.9 Å². The first-order chi connectivity index (χ1) is 45.8. The van der Waals surface area contributed by atoms with Crippen molar-refractivity contribution in [1.29, 1.82) is 0 Å². The van der Waals surface area contributed by atoms with Crippen molar-refractivity contribution in [3.63, 3.8) is 0 Å². The molecule has 19 rings (SSSR count). The quantitative estimate of drug-likeness (QED) is 0.125. The third kappa shape index (κ3) is 8.06. The van der Waals surface area contributed by atoms with Crippen LogP contribution in [0.15, 0.2) is 282 Å². The Bertz CT molecular complexity index is 5840. The third-order valence-electron chi connectivity index (χ3n) is 19.6. The number of benzene rings is 10. The summed E-state index contributed by atoms with van der Waals surface area (Å²) in [4.78, 5) is 17.6. The number of fused-ring (bicyclic) bond motifs is 8. The summed E-state index contributed by atoms with van der Waals surface area (Å²) >= 11 is 0. The fourth-order valence-electron chi connectivity index (χ4n) is 15.3. The van der Waals surface area contributed by atoms with E-state index in [2.05, 4.69) is 254 Å². The monoisotopic (exact) mass is 1200 g/mol. The normalized spacial score (nSPS) is 15.1. The zero-order valence-corrected chi connectivity index (χ0v) is 51.0. The standard InChI is InChI=1S/C84H56N5O4/c1-84(2)69-31-12-10-27-64(69)79-58(30-17-41-88(79)84)53-44-67-61-34-33-59(51-37-39-85-71(45-51)65-29-16-28-63-60-26-11-13-32-72(60)91-80(63)65)81-77(61)76-68(47-56(48-74(76)93-81)89(54-22-8-5-9-23-54)55-24-14-20-50(42-55)49-18-6-4-7-19-49)62-35-36-66(82-78(62)75(67)73(46-53)92-82)70-38-40-86-83(87-70)52-21-15-25-57(43-52)90-3/h4-48,60,72H,1-3H3/q+1. The highest BCUT2D eigenvalue weighted by Gasteiger charge is 2.45. The Labute approximate surface area is 535 Å². The van der Waals surface area contributed by atoms with Gasteiger partial charge >= 0.3 is 0 Å². The molecule has 0 radical (unpaired) electrons. The highest BCUT2D eigenvalue weighted by Crippen LogP contribution is 2.54. The average Bonchev–Trinajstić information content (AvgIpc) is 1.57. The first kappa shape index (κ1) is 52.9. The summed E-state index contributed by atoms with van der Waals surface area (Å²) in [6.45, 7) is 4.61. The summed E-state index contributed by atoms with van der Waals surface area (Å²) in [5.41, 5.74) is 20.9. The van der Waals surface area contributed by atoms with Crippen LogP contribution in [-0.4, -0.2) is 28.2 Å². The highest BCUT2D eigenvalue weighted by atomic mass is 16.5. The van der Waals surface area contributed by atoms with Crippen molar-refractivity contribution < 1.29 is 22.9 Å². The van der Waals surface area contributed by atoms with Gasteiger partial charge in [-0.1, -0.05) is 133 Å². The van der Waals surface area contributed by atoms with Gasteiger partial charge in [0.05, 0.1) is 35.3 Å². The maximum atomic E-state index is 7.72. The molecule has 9 nitrogen and oxygen atoms in total. The number of methoxy groups -OCH3 is 1. The van der Waals surface area contributed by atoms with Gasteiger partial charge in [-0.15, -0.1) is 0 Å². The molecule has 0 N–H and O–H groups in total. The molecule has 1 aliphatic carbocycles. The summed E-state index contributed by atoms with van der Waals surface area (Å²) in [6, 6.07) is 82.1. The van der Waals surface area contributed by atoms with E-state index >= 15 is 0 Å². The molecule has 0 amide bonds. The molecule has 0 spiro atoms. The number of nitrogens with zero attached hydrogens (tertiary/aromatic N) is 5. The van der Waals surface area contributed by atoms with Crippen molar-refractivity contribution in [3.05, 3.63) is 285 Å². The van der Waals surface area contributed by atoms with Crippen LogP contribution in [0.3, 0.4) is 0 Å². The van der Waals surface area contributed by atoms with Crippen molar-refractivity contribution in [2.45, 2.75) is 31.4 Å². The summed E-state index contributed by atoms with van der Waals surface area (Å²) in [6.07, 6.45) is 14.5. The maximum Gasteiger partial charge on any atom is 0.221 e. The average molecular weight is 1200 g/mol. The molecule has 440 valence electrons. The molecule has 93 heavy (non-hydrogen) atoms. The lowest BCUT2D eigenvalue weighted by Gasteiger charge is -2.26. The number of para-hydroxylation sites is 2. The van der Waals surface area contributed by atoms with Gasteiger partial charge in [-0.05, 0) is 153 Å². The Balaban J connectivity index is 0.929.